The number of nitro groups is 1. The van der Waals surface area contributed by atoms with Gasteiger partial charge in [0.05, 0.1) is 0 Å². The summed E-state index contributed by atoms with van der Waals surface area (Å²) in [5.74, 6) is -0.279. The molecule has 0 atom stereocenters. The average Bonchev–Trinajstić information content (AvgIpc) is 2.70. The molecule has 0 amide bonds. The summed E-state index contributed by atoms with van der Waals surface area (Å²) in [6, 6.07) is 0. The molecule has 2 aromatic heterocycles. The van der Waals surface area contributed by atoms with Crippen molar-refractivity contribution >= 4 is 5.82 Å². The van der Waals surface area contributed by atoms with E-state index < -0.39 is 10.7 Å². The predicted octanol–water partition coefficient (Wildman–Crippen LogP) is 0.336. The van der Waals surface area contributed by atoms with Crippen LogP contribution in [0.1, 0.15) is 5.89 Å². The second kappa shape index (κ2) is 2.87. The zero-order valence-electron chi connectivity index (χ0n) is 6.87. The van der Waals surface area contributed by atoms with E-state index in [-0.39, 0.29) is 17.4 Å². The van der Waals surface area contributed by atoms with Gasteiger partial charge in [0.1, 0.15) is 0 Å². The Morgan fingerprint density at radius 3 is 2.71 bits per heavy atom. The first-order valence-electron chi connectivity index (χ1n) is 3.46. The molecule has 2 rings (SSSR count). The highest BCUT2D eigenvalue weighted by Gasteiger charge is 2.27. The van der Waals surface area contributed by atoms with Crippen molar-refractivity contribution in [3.63, 3.8) is 0 Å². The number of hydrogen-bond acceptors (Lipinski definition) is 8. The number of aryl methyl sites for hydroxylation is 1. The first-order chi connectivity index (χ1) is 6.68. The smallest absolute Gasteiger partial charge is 0.358 e. The fourth-order valence-corrected chi connectivity index (χ4v) is 0.840. The zero-order valence-corrected chi connectivity index (χ0v) is 6.87. The van der Waals surface area contributed by atoms with Crippen LogP contribution in [0.15, 0.2) is 9.15 Å². The van der Waals surface area contributed by atoms with Crippen LogP contribution in [-0.2, 0) is 0 Å². The Morgan fingerprint density at radius 1 is 1.36 bits per heavy atom. The molecule has 0 N–H and O–H groups in total. The average molecular weight is 197 g/mol. The van der Waals surface area contributed by atoms with Crippen molar-refractivity contribution in [3.05, 3.63) is 16.0 Å². The summed E-state index contributed by atoms with van der Waals surface area (Å²) in [4.78, 5) is 13.4. The maximum Gasteiger partial charge on any atom is 0.446 e. The molecule has 0 aliphatic heterocycles. The van der Waals surface area contributed by atoms with Gasteiger partial charge in [0.2, 0.25) is 11.7 Å². The van der Waals surface area contributed by atoms with Crippen molar-refractivity contribution in [1.29, 1.82) is 0 Å². The van der Waals surface area contributed by atoms with Gasteiger partial charge in [0, 0.05) is 6.92 Å². The molecule has 0 fully saturated rings. The van der Waals surface area contributed by atoms with Crippen LogP contribution in [0, 0.1) is 17.0 Å². The molecule has 2 aromatic rings. The molecule has 72 valence electrons. The van der Waals surface area contributed by atoms with Crippen LogP contribution in [0.4, 0.5) is 5.82 Å². The van der Waals surface area contributed by atoms with Crippen molar-refractivity contribution in [2.75, 3.05) is 0 Å². The lowest BCUT2D eigenvalue weighted by Crippen LogP contribution is -1.92. The maximum absolute atomic E-state index is 10.4. The molecule has 0 saturated carbocycles. The number of hydrogen-bond donors (Lipinski definition) is 0. The highest BCUT2D eigenvalue weighted by molar-refractivity contribution is 5.57. The van der Waals surface area contributed by atoms with Crippen LogP contribution in [0.2, 0.25) is 0 Å². The second-order valence-corrected chi connectivity index (χ2v) is 2.33. The molecule has 14 heavy (non-hydrogen) atoms. The summed E-state index contributed by atoms with van der Waals surface area (Å²) in [6.45, 7) is 1.55. The molecule has 0 radical (unpaired) electrons. The molecule has 0 aliphatic carbocycles. The molecular formula is C5H3N5O4. The van der Waals surface area contributed by atoms with E-state index in [9.17, 15) is 10.1 Å². The van der Waals surface area contributed by atoms with E-state index in [0.717, 1.165) is 0 Å². The van der Waals surface area contributed by atoms with E-state index in [1.54, 1.807) is 6.92 Å². The number of rotatable bonds is 2. The summed E-state index contributed by atoms with van der Waals surface area (Å²) in [5.41, 5.74) is -0.146. The van der Waals surface area contributed by atoms with Gasteiger partial charge in [-0.15, -0.1) is 4.63 Å². The molecule has 9 heteroatoms. The second-order valence-electron chi connectivity index (χ2n) is 2.33. The minimum absolute atomic E-state index is 0.0181. The van der Waals surface area contributed by atoms with E-state index in [2.05, 4.69) is 29.6 Å². The Morgan fingerprint density at radius 2 is 2.14 bits per heavy atom. The van der Waals surface area contributed by atoms with Crippen LogP contribution in [-0.4, -0.2) is 25.4 Å². The molecule has 0 saturated heterocycles. The third-order valence-electron chi connectivity index (χ3n) is 1.38. The largest absolute Gasteiger partial charge is 0.446 e. The summed E-state index contributed by atoms with van der Waals surface area (Å²) in [5, 5.41) is 20.3. The molecular weight excluding hydrogens is 194 g/mol. The quantitative estimate of drug-likeness (QED) is 0.498. The van der Waals surface area contributed by atoms with E-state index in [4.69, 9.17) is 0 Å². The van der Waals surface area contributed by atoms with Crippen molar-refractivity contribution in [2.24, 2.45) is 0 Å². The van der Waals surface area contributed by atoms with E-state index in [0.29, 0.717) is 0 Å². The first-order valence-corrected chi connectivity index (χ1v) is 3.46. The SMILES string of the molecule is Cc1nc(-c2nonc2[N+](=O)[O-])no1. The standard InChI is InChI=1S/C5H3N5O4/c1-2-6-4(8-13-2)3-5(10(11)12)9-14-7-3/h1H3. The lowest BCUT2D eigenvalue weighted by atomic mass is 10.4. The van der Waals surface area contributed by atoms with Crippen molar-refractivity contribution in [3.8, 4) is 11.5 Å². The number of aromatic nitrogens is 4. The molecule has 2 heterocycles. The molecule has 0 aliphatic rings. The molecule has 0 unspecified atom stereocenters. The van der Waals surface area contributed by atoms with Crippen molar-refractivity contribution in [1.82, 2.24) is 20.5 Å². The van der Waals surface area contributed by atoms with Gasteiger partial charge in [0.25, 0.3) is 5.69 Å². The van der Waals surface area contributed by atoms with Gasteiger partial charge in [0.15, 0.2) is 5.16 Å². The Balaban J connectivity index is 2.51. The Kier molecular flexibility index (Phi) is 1.70. The van der Waals surface area contributed by atoms with Crippen LogP contribution in [0.25, 0.3) is 11.5 Å². The summed E-state index contributed by atoms with van der Waals surface area (Å²) in [7, 11) is 0. The number of nitrogens with zero attached hydrogens (tertiary/aromatic N) is 5. The van der Waals surface area contributed by atoms with Crippen LogP contribution < -0.4 is 0 Å². The zero-order chi connectivity index (χ0) is 10.1. The van der Waals surface area contributed by atoms with Gasteiger partial charge < -0.3 is 14.6 Å². The van der Waals surface area contributed by atoms with Gasteiger partial charge in [-0.2, -0.15) is 4.98 Å². The Bertz CT molecular complexity index is 474. The fourth-order valence-electron chi connectivity index (χ4n) is 0.840. The summed E-state index contributed by atoms with van der Waals surface area (Å²) >= 11 is 0. The van der Waals surface area contributed by atoms with E-state index >= 15 is 0 Å². The lowest BCUT2D eigenvalue weighted by Gasteiger charge is -1.85. The lowest BCUT2D eigenvalue weighted by molar-refractivity contribution is -0.390. The van der Waals surface area contributed by atoms with Gasteiger partial charge in [-0.1, -0.05) is 5.16 Å². The van der Waals surface area contributed by atoms with Crippen LogP contribution >= 0.6 is 0 Å². The molecule has 0 spiro atoms. The maximum atomic E-state index is 10.4. The van der Waals surface area contributed by atoms with Crippen LogP contribution in [0.3, 0.4) is 0 Å². The third-order valence-corrected chi connectivity index (χ3v) is 1.38. The predicted molar refractivity (Wildman–Crippen MR) is 39.0 cm³/mol. The molecule has 0 bridgehead atoms. The highest BCUT2D eigenvalue weighted by Crippen LogP contribution is 2.22. The van der Waals surface area contributed by atoms with E-state index in [1.807, 2.05) is 0 Å². The fraction of sp³-hybridized carbons (Fsp3) is 0.200. The van der Waals surface area contributed by atoms with Gasteiger partial charge in [-0.3, -0.25) is 0 Å². The Labute approximate surface area is 75.8 Å². The summed E-state index contributed by atoms with van der Waals surface area (Å²) in [6.07, 6.45) is 0. The summed E-state index contributed by atoms with van der Waals surface area (Å²) < 4.78 is 8.84. The highest BCUT2D eigenvalue weighted by atomic mass is 16.6. The monoisotopic (exact) mass is 197 g/mol. The topological polar surface area (TPSA) is 121 Å². The minimum Gasteiger partial charge on any atom is -0.358 e. The molecule has 9 nitrogen and oxygen atoms in total. The van der Waals surface area contributed by atoms with Crippen molar-refractivity contribution in [2.45, 2.75) is 6.92 Å². The van der Waals surface area contributed by atoms with Gasteiger partial charge in [-0.05, 0) is 10.1 Å². The van der Waals surface area contributed by atoms with Crippen molar-refractivity contribution < 1.29 is 14.1 Å². The normalized spacial score (nSPS) is 10.4. The van der Waals surface area contributed by atoms with E-state index in [1.165, 1.54) is 0 Å². The van der Waals surface area contributed by atoms with Crippen LogP contribution in [0.5, 0.6) is 0 Å². The minimum atomic E-state index is -0.739. The third kappa shape index (κ3) is 1.20. The van der Waals surface area contributed by atoms with Gasteiger partial charge >= 0.3 is 5.82 Å². The first kappa shape index (κ1) is 8.29. The Hall–Kier alpha value is -2.32. The van der Waals surface area contributed by atoms with Gasteiger partial charge in [-0.25, -0.2) is 0 Å². The molecule has 0 aromatic carbocycles.